The number of rotatable bonds is 3. The van der Waals surface area contributed by atoms with Crippen LogP contribution in [0.2, 0.25) is 0 Å². The van der Waals surface area contributed by atoms with Gasteiger partial charge in [0.15, 0.2) is 0 Å². The highest BCUT2D eigenvalue weighted by Gasteiger charge is 1.90. The van der Waals surface area contributed by atoms with E-state index in [9.17, 15) is 0 Å². The van der Waals surface area contributed by atoms with Crippen molar-refractivity contribution in [2.24, 2.45) is 0 Å². The summed E-state index contributed by atoms with van der Waals surface area (Å²) in [7, 11) is 0. The Morgan fingerprint density at radius 1 is 1.30 bits per heavy atom. The van der Waals surface area contributed by atoms with Gasteiger partial charge in [-0.25, -0.2) is 0 Å². The van der Waals surface area contributed by atoms with E-state index in [2.05, 4.69) is 0 Å². The molecule has 0 saturated heterocycles. The van der Waals surface area contributed by atoms with Gasteiger partial charge in [-0.3, -0.25) is 0 Å². The molecule has 4 heteroatoms. The maximum atomic E-state index is 5.42. The van der Waals surface area contributed by atoms with Crippen LogP contribution in [0.4, 0.5) is 0 Å². The third-order valence-corrected chi connectivity index (χ3v) is 1.28. The van der Waals surface area contributed by atoms with Crippen molar-refractivity contribution in [3.8, 4) is 0 Å². The molecular weight excluding hydrogens is 214 g/mol. The second-order valence-electron chi connectivity index (χ2n) is 1.51. The number of allylic oxidation sites excluding steroid dienone is 3. The molecule has 0 heterocycles. The summed E-state index contributed by atoms with van der Waals surface area (Å²) >= 11 is 21.4. The van der Waals surface area contributed by atoms with Crippen LogP contribution in [0.25, 0.3) is 0 Å². The van der Waals surface area contributed by atoms with E-state index in [0.717, 1.165) is 0 Å². The highest BCUT2D eigenvalue weighted by atomic mass is 35.5. The molecule has 0 rings (SSSR count). The zero-order valence-electron chi connectivity index (χ0n) is 5.03. The highest BCUT2D eigenvalue weighted by Crippen LogP contribution is 2.09. The van der Waals surface area contributed by atoms with Gasteiger partial charge in [0.2, 0.25) is 0 Å². The van der Waals surface area contributed by atoms with Crippen molar-refractivity contribution >= 4 is 46.4 Å². The van der Waals surface area contributed by atoms with Crippen LogP contribution in [0.15, 0.2) is 22.7 Å². The lowest BCUT2D eigenvalue weighted by atomic mass is 10.4. The van der Waals surface area contributed by atoms with Gasteiger partial charge in [-0.05, 0) is 12.5 Å². The average Bonchev–Trinajstić information content (AvgIpc) is 1.79. The van der Waals surface area contributed by atoms with Crippen LogP contribution in [-0.2, 0) is 0 Å². The topological polar surface area (TPSA) is 0 Å². The first-order chi connectivity index (χ1) is 4.63. The van der Waals surface area contributed by atoms with Crippen molar-refractivity contribution in [1.82, 2.24) is 0 Å². The first-order valence-corrected chi connectivity index (χ1v) is 4.22. The minimum Gasteiger partial charge on any atom is -0.105 e. The molecule has 0 nitrogen and oxygen atoms in total. The first kappa shape index (κ1) is 10.6. The molecule has 0 aromatic carbocycles. The first-order valence-electron chi connectivity index (χ1n) is 2.59. The molecule has 58 valence electrons. The van der Waals surface area contributed by atoms with E-state index in [0.29, 0.717) is 6.42 Å². The van der Waals surface area contributed by atoms with Gasteiger partial charge >= 0.3 is 0 Å². The molecule has 0 spiro atoms. The van der Waals surface area contributed by atoms with Crippen molar-refractivity contribution in [2.75, 3.05) is 0 Å². The molecule has 0 aromatic heterocycles. The van der Waals surface area contributed by atoms with E-state index >= 15 is 0 Å². The summed E-state index contributed by atoms with van der Waals surface area (Å²) in [6, 6.07) is 0. The fourth-order valence-electron chi connectivity index (χ4n) is 0.322. The Kier molecular flexibility index (Phi) is 6.76. The van der Waals surface area contributed by atoms with E-state index in [1.54, 1.807) is 18.2 Å². The van der Waals surface area contributed by atoms with Crippen LogP contribution < -0.4 is 0 Å². The van der Waals surface area contributed by atoms with E-state index in [1.807, 2.05) is 0 Å². The molecular formula is C6H6Cl4. The minimum absolute atomic E-state index is 0.219. The van der Waals surface area contributed by atoms with E-state index < -0.39 is 0 Å². The Morgan fingerprint density at radius 3 is 2.30 bits per heavy atom. The van der Waals surface area contributed by atoms with Crippen LogP contribution in [0.1, 0.15) is 6.42 Å². The number of alkyl halides is 2. The molecule has 0 saturated carbocycles. The van der Waals surface area contributed by atoms with Crippen molar-refractivity contribution in [2.45, 2.75) is 11.3 Å². The highest BCUT2D eigenvalue weighted by molar-refractivity contribution is 6.56. The number of hydrogen-bond acceptors (Lipinski definition) is 0. The van der Waals surface area contributed by atoms with Crippen LogP contribution in [0.5, 0.6) is 0 Å². The number of halogens is 4. The smallest absolute Gasteiger partial charge is 0.105 e. The Morgan fingerprint density at radius 2 is 1.90 bits per heavy atom. The Hall–Kier alpha value is 0.640. The molecule has 0 aliphatic rings. The van der Waals surface area contributed by atoms with Crippen molar-refractivity contribution in [3.05, 3.63) is 22.7 Å². The minimum atomic E-state index is -0.362. The molecule has 0 radical (unpaired) electrons. The van der Waals surface area contributed by atoms with Gasteiger partial charge < -0.3 is 0 Å². The normalized spacial score (nSPS) is 10.9. The van der Waals surface area contributed by atoms with E-state index in [1.165, 1.54) is 0 Å². The maximum absolute atomic E-state index is 5.42. The van der Waals surface area contributed by atoms with Gasteiger partial charge in [0.25, 0.3) is 0 Å². The summed E-state index contributed by atoms with van der Waals surface area (Å²) in [4.78, 5) is -0.362. The van der Waals surface area contributed by atoms with Gasteiger partial charge in [0.1, 0.15) is 9.33 Å². The van der Waals surface area contributed by atoms with E-state index in [-0.39, 0.29) is 9.33 Å². The predicted octanol–water partition coefficient (Wildman–Crippen LogP) is 4.06. The van der Waals surface area contributed by atoms with Crippen LogP contribution in [0, 0.1) is 0 Å². The quantitative estimate of drug-likeness (QED) is 0.496. The van der Waals surface area contributed by atoms with Crippen LogP contribution in [0.3, 0.4) is 0 Å². The van der Waals surface area contributed by atoms with Crippen molar-refractivity contribution < 1.29 is 0 Å². The monoisotopic (exact) mass is 218 g/mol. The third-order valence-electron chi connectivity index (χ3n) is 0.673. The van der Waals surface area contributed by atoms with Crippen molar-refractivity contribution in [1.29, 1.82) is 0 Å². The molecule has 0 unspecified atom stereocenters. The van der Waals surface area contributed by atoms with Gasteiger partial charge in [-0.2, -0.15) is 0 Å². The average molecular weight is 220 g/mol. The molecule has 0 aliphatic carbocycles. The lowest BCUT2D eigenvalue weighted by Crippen LogP contribution is -1.79. The third kappa shape index (κ3) is 8.64. The Bertz CT molecular complexity index is 133. The summed E-state index contributed by atoms with van der Waals surface area (Å²) in [6.45, 7) is 0. The van der Waals surface area contributed by atoms with E-state index in [4.69, 9.17) is 46.4 Å². The molecule has 0 fully saturated rings. The van der Waals surface area contributed by atoms with Gasteiger partial charge in [-0.1, -0.05) is 35.4 Å². The molecule has 0 N–H and O–H groups in total. The lowest BCUT2D eigenvalue weighted by Gasteiger charge is -1.89. The number of hydrogen-bond donors (Lipinski definition) is 0. The van der Waals surface area contributed by atoms with Crippen LogP contribution in [-0.4, -0.2) is 4.84 Å². The SMILES string of the molecule is ClC(Cl)=CC=CCC(Cl)Cl. The van der Waals surface area contributed by atoms with Crippen molar-refractivity contribution in [3.63, 3.8) is 0 Å². The second kappa shape index (κ2) is 6.36. The predicted molar refractivity (Wildman–Crippen MR) is 49.0 cm³/mol. The summed E-state index contributed by atoms with van der Waals surface area (Å²) in [5.41, 5.74) is 0. The van der Waals surface area contributed by atoms with Gasteiger partial charge in [-0.15, -0.1) is 23.2 Å². The Balaban J connectivity index is 3.48. The molecule has 0 atom stereocenters. The molecule has 0 bridgehead atoms. The molecule has 0 aromatic rings. The standard InChI is InChI=1S/C6H6Cl4/c7-5(8)3-1-2-4-6(9)10/h1-3,6H,4H2. The summed E-state index contributed by atoms with van der Waals surface area (Å²) < 4.78 is 0.219. The lowest BCUT2D eigenvalue weighted by molar-refractivity contribution is 1.16. The van der Waals surface area contributed by atoms with Crippen LogP contribution >= 0.6 is 46.4 Å². The molecule has 10 heavy (non-hydrogen) atoms. The second-order valence-corrected chi connectivity index (χ2v) is 3.80. The van der Waals surface area contributed by atoms with Gasteiger partial charge in [0.05, 0.1) is 0 Å². The summed E-state index contributed by atoms with van der Waals surface area (Å²) in [5.74, 6) is 0. The zero-order chi connectivity index (χ0) is 7.98. The molecule has 0 amide bonds. The maximum Gasteiger partial charge on any atom is 0.111 e. The molecule has 0 aliphatic heterocycles. The zero-order valence-corrected chi connectivity index (χ0v) is 8.05. The Labute approximate surface area is 80.4 Å². The van der Waals surface area contributed by atoms with Gasteiger partial charge in [0, 0.05) is 0 Å². The fourth-order valence-corrected chi connectivity index (χ4v) is 0.673. The largest absolute Gasteiger partial charge is 0.111 e. The fraction of sp³-hybridized carbons (Fsp3) is 0.333. The summed E-state index contributed by atoms with van der Waals surface area (Å²) in [6.07, 6.45) is 5.64. The summed E-state index contributed by atoms with van der Waals surface area (Å²) in [5, 5.41) is 0.